The highest BCUT2D eigenvalue weighted by Gasteiger charge is 2.26. The van der Waals surface area contributed by atoms with Crippen molar-refractivity contribution in [2.45, 2.75) is 37.7 Å². The van der Waals surface area contributed by atoms with Gasteiger partial charge in [-0.2, -0.15) is 0 Å². The van der Waals surface area contributed by atoms with Crippen molar-refractivity contribution in [2.75, 3.05) is 5.75 Å². The van der Waals surface area contributed by atoms with E-state index in [0.717, 1.165) is 44.0 Å². The van der Waals surface area contributed by atoms with Crippen LogP contribution in [-0.2, 0) is 11.4 Å². The van der Waals surface area contributed by atoms with E-state index >= 15 is 0 Å². The highest BCUT2D eigenvalue weighted by atomic mass is 32.2. The molecule has 2 aromatic carbocycles. The van der Waals surface area contributed by atoms with Gasteiger partial charge in [-0.3, -0.25) is 14.9 Å². The number of nitrogens with zero attached hydrogens (tertiary/aromatic N) is 2. The number of nitro groups is 1. The number of rotatable bonds is 7. The number of benzene rings is 2. The first kappa shape index (κ1) is 21.8. The first-order chi connectivity index (χ1) is 15.3. The molecule has 1 atom stereocenters. The fourth-order valence-corrected chi connectivity index (χ4v) is 5.32. The number of non-ortho nitro benzene ring substituents is 1. The molecule has 8 heteroatoms. The number of carboxylic acid groups (broad SMARTS) is 1. The molecule has 1 unspecified atom stereocenters. The number of aromatic nitrogens is 1. The molecule has 1 N–H and O–H groups in total. The standard InChI is InChI=1S/C24H22N2O5S/c1-14-6-19(26(29)30)7-15(2)24(14)17-5-3-4-16(8-17)12-31-22-10-21-20(11-25-22)18(13-32-21)9-23(27)28/h3-8,10-11,18H,9,12-13H2,1-2H3,(H,27,28). The maximum absolute atomic E-state index is 11.1. The van der Waals surface area contributed by atoms with Crippen LogP contribution in [-0.4, -0.2) is 26.7 Å². The summed E-state index contributed by atoms with van der Waals surface area (Å²) in [6, 6.07) is 13.0. The summed E-state index contributed by atoms with van der Waals surface area (Å²) in [5.41, 5.74) is 5.67. The van der Waals surface area contributed by atoms with Crippen molar-refractivity contribution in [1.29, 1.82) is 0 Å². The number of carboxylic acids is 1. The Balaban J connectivity index is 1.50. The molecular formula is C24H22N2O5S. The molecule has 0 saturated carbocycles. The topological polar surface area (TPSA) is 103 Å². The summed E-state index contributed by atoms with van der Waals surface area (Å²) in [5.74, 6) is 0.421. The maximum atomic E-state index is 11.1. The second-order valence-corrected chi connectivity index (χ2v) is 8.93. The van der Waals surface area contributed by atoms with Gasteiger partial charge in [0.05, 0.1) is 11.3 Å². The minimum Gasteiger partial charge on any atom is -0.481 e. The van der Waals surface area contributed by atoms with Gasteiger partial charge < -0.3 is 9.84 Å². The van der Waals surface area contributed by atoms with E-state index in [1.54, 1.807) is 30.1 Å². The van der Waals surface area contributed by atoms with Crippen molar-refractivity contribution in [1.82, 2.24) is 4.98 Å². The highest BCUT2D eigenvalue weighted by molar-refractivity contribution is 7.99. The van der Waals surface area contributed by atoms with Gasteiger partial charge >= 0.3 is 5.97 Å². The fourth-order valence-electron chi connectivity index (χ4n) is 4.08. The van der Waals surface area contributed by atoms with E-state index < -0.39 is 5.97 Å². The summed E-state index contributed by atoms with van der Waals surface area (Å²) in [6.45, 7) is 4.08. The molecule has 0 aliphatic carbocycles. The number of aryl methyl sites for hydroxylation is 2. The van der Waals surface area contributed by atoms with E-state index in [9.17, 15) is 14.9 Å². The van der Waals surface area contributed by atoms with E-state index in [0.29, 0.717) is 12.5 Å². The number of thioether (sulfide) groups is 1. The van der Waals surface area contributed by atoms with Crippen LogP contribution in [0.25, 0.3) is 11.1 Å². The van der Waals surface area contributed by atoms with E-state index in [2.05, 4.69) is 4.98 Å². The third-order valence-electron chi connectivity index (χ3n) is 5.50. The Morgan fingerprint density at radius 1 is 1.25 bits per heavy atom. The summed E-state index contributed by atoms with van der Waals surface area (Å²) in [6.07, 6.45) is 1.83. The summed E-state index contributed by atoms with van der Waals surface area (Å²) in [7, 11) is 0. The van der Waals surface area contributed by atoms with E-state index in [1.807, 2.05) is 44.2 Å². The molecule has 0 fully saturated rings. The number of hydrogen-bond donors (Lipinski definition) is 1. The SMILES string of the molecule is Cc1cc([N+](=O)[O-])cc(C)c1-c1cccc(COc2cc3c(cn2)C(CC(=O)O)CS3)c1. The van der Waals surface area contributed by atoms with Crippen molar-refractivity contribution in [3.63, 3.8) is 0 Å². The first-order valence-corrected chi connectivity index (χ1v) is 11.1. The van der Waals surface area contributed by atoms with Gasteiger partial charge in [0, 0.05) is 41.0 Å². The van der Waals surface area contributed by atoms with Gasteiger partial charge in [0.15, 0.2) is 0 Å². The summed E-state index contributed by atoms with van der Waals surface area (Å²) >= 11 is 1.63. The molecular weight excluding hydrogens is 428 g/mol. The van der Waals surface area contributed by atoms with Crippen LogP contribution in [0.1, 0.15) is 34.6 Å². The number of pyridine rings is 1. The van der Waals surface area contributed by atoms with Crippen LogP contribution in [0.15, 0.2) is 53.6 Å². The van der Waals surface area contributed by atoms with Crippen molar-refractivity contribution >= 4 is 23.4 Å². The second kappa shape index (κ2) is 9.00. The number of fused-ring (bicyclic) bond motifs is 1. The Morgan fingerprint density at radius 3 is 2.69 bits per heavy atom. The molecule has 1 aromatic heterocycles. The summed E-state index contributed by atoms with van der Waals surface area (Å²) < 4.78 is 5.91. The van der Waals surface area contributed by atoms with Crippen molar-refractivity contribution < 1.29 is 19.6 Å². The molecule has 3 aromatic rings. The van der Waals surface area contributed by atoms with Gasteiger partial charge in [-0.15, -0.1) is 11.8 Å². The van der Waals surface area contributed by atoms with Gasteiger partial charge in [0.1, 0.15) is 6.61 Å². The van der Waals surface area contributed by atoms with Gasteiger partial charge in [0.25, 0.3) is 5.69 Å². The summed E-state index contributed by atoms with van der Waals surface area (Å²) in [5, 5.41) is 20.2. The van der Waals surface area contributed by atoms with Crippen LogP contribution in [0, 0.1) is 24.0 Å². The normalized spacial score (nSPS) is 14.8. The number of ether oxygens (including phenoxy) is 1. The quantitative estimate of drug-likeness (QED) is 0.374. The number of nitro benzene ring substituents is 1. The highest BCUT2D eigenvalue weighted by Crippen LogP contribution is 2.42. The van der Waals surface area contributed by atoms with Gasteiger partial charge in [-0.25, -0.2) is 4.98 Å². The Labute approximate surface area is 189 Å². The van der Waals surface area contributed by atoms with Crippen molar-refractivity contribution in [2.24, 2.45) is 0 Å². The van der Waals surface area contributed by atoms with Gasteiger partial charge in [-0.05, 0) is 53.3 Å². The molecule has 0 bridgehead atoms. The van der Waals surface area contributed by atoms with E-state index in [4.69, 9.17) is 9.84 Å². The minimum atomic E-state index is -0.804. The molecule has 1 aliphatic heterocycles. The lowest BCUT2D eigenvalue weighted by atomic mass is 9.94. The predicted octanol–water partition coefficient (Wildman–Crippen LogP) is 5.52. The van der Waals surface area contributed by atoms with Gasteiger partial charge in [0.2, 0.25) is 5.88 Å². The molecule has 0 spiro atoms. The zero-order valence-electron chi connectivity index (χ0n) is 17.7. The lowest BCUT2D eigenvalue weighted by Crippen LogP contribution is -2.06. The lowest BCUT2D eigenvalue weighted by molar-refractivity contribution is -0.384. The molecule has 32 heavy (non-hydrogen) atoms. The molecule has 0 radical (unpaired) electrons. The largest absolute Gasteiger partial charge is 0.481 e. The monoisotopic (exact) mass is 450 g/mol. The van der Waals surface area contributed by atoms with Gasteiger partial charge in [-0.1, -0.05) is 18.2 Å². The van der Waals surface area contributed by atoms with Crippen LogP contribution in [0.3, 0.4) is 0 Å². The summed E-state index contributed by atoms with van der Waals surface area (Å²) in [4.78, 5) is 27.2. The Hall–Kier alpha value is -3.39. The molecule has 7 nitrogen and oxygen atoms in total. The molecule has 4 rings (SSSR count). The Bertz CT molecular complexity index is 1190. The zero-order valence-corrected chi connectivity index (χ0v) is 18.5. The van der Waals surface area contributed by atoms with Crippen molar-refractivity contribution in [3.05, 3.63) is 81.0 Å². The lowest BCUT2D eigenvalue weighted by Gasteiger charge is -2.13. The Kier molecular flexibility index (Phi) is 6.14. The predicted molar refractivity (Wildman–Crippen MR) is 122 cm³/mol. The molecule has 164 valence electrons. The first-order valence-electron chi connectivity index (χ1n) is 10.1. The minimum absolute atomic E-state index is 0.0149. The van der Waals surface area contributed by atoms with E-state index in [-0.39, 0.29) is 22.9 Å². The van der Waals surface area contributed by atoms with E-state index in [1.165, 1.54) is 0 Å². The Morgan fingerprint density at radius 2 is 2.00 bits per heavy atom. The zero-order chi connectivity index (χ0) is 22.8. The molecule has 2 heterocycles. The number of aliphatic carboxylic acids is 1. The molecule has 0 amide bonds. The molecule has 1 aliphatic rings. The van der Waals surface area contributed by atoms with Crippen LogP contribution in [0.4, 0.5) is 5.69 Å². The smallest absolute Gasteiger partial charge is 0.303 e. The van der Waals surface area contributed by atoms with Crippen LogP contribution < -0.4 is 4.74 Å². The third kappa shape index (κ3) is 4.60. The van der Waals surface area contributed by atoms with Crippen LogP contribution in [0.5, 0.6) is 5.88 Å². The average Bonchev–Trinajstić information content (AvgIpc) is 3.13. The third-order valence-corrected chi connectivity index (χ3v) is 6.74. The maximum Gasteiger partial charge on any atom is 0.303 e. The number of hydrogen-bond acceptors (Lipinski definition) is 6. The fraction of sp³-hybridized carbons (Fsp3) is 0.250. The molecule has 0 saturated heterocycles. The number of carbonyl (C=O) groups is 1. The average molecular weight is 451 g/mol. The second-order valence-electron chi connectivity index (χ2n) is 7.87. The van der Waals surface area contributed by atoms with Crippen LogP contribution in [0.2, 0.25) is 0 Å². The van der Waals surface area contributed by atoms with Crippen LogP contribution >= 0.6 is 11.8 Å². The van der Waals surface area contributed by atoms with Crippen molar-refractivity contribution in [3.8, 4) is 17.0 Å².